The molecule has 114 valence electrons. The van der Waals surface area contributed by atoms with Gasteiger partial charge in [0.15, 0.2) is 0 Å². The Morgan fingerprint density at radius 3 is 2.76 bits per heavy atom. The van der Waals surface area contributed by atoms with E-state index in [0.29, 0.717) is 13.0 Å². The fourth-order valence-electron chi connectivity index (χ4n) is 2.23. The third kappa shape index (κ3) is 3.49. The monoisotopic (exact) mass is 296 g/mol. The van der Waals surface area contributed by atoms with E-state index in [1.807, 2.05) is 6.92 Å². The highest BCUT2D eigenvalue weighted by molar-refractivity contribution is 6.00. The lowest BCUT2D eigenvalue weighted by molar-refractivity contribution is 0.0463. The van der Waals surface area contributed by atoms with Gasteiger partial charge in [-0.3, -0.25) is 0 Å². The fraction of sp³-hybridized carbons (Fsp3) is 0.429. The molecule has 7 heteroatoms. The summed E-state index contributed by atoms with van der Waals surface area (Å²) in [6, 6.07) is 2.53. The Morgan fingerprint density at radius 1 is 1.43 bits per heavy atom. The molecule has 2 rings (SSSR count). The highest BCUT2D eigenvalue weighted by Crippen LogP contribution is 2.21. The SMILES string of the molecule is CC1CCN(C(=O)Nc2cc(F)ccc2C(=O)O)CC1O. The maximum Gasteiger partial charge on any atom is 0.337 e. The van der Waals surface area contributed by atoms with Crippen molar-refractivity contribution in [2.75, 3.05) is 18.4 Å². The number of hydrogen-bond acceptors (Lipinski definition) is 3. The first kappa shape index (κ1) is 15.2. The number of halogens is 1. The summed E-state index contributed by atoms with van der Waals surface area (Å²) < 4.78 is 13.2. The van der Waals surface area contributed by atoms with E-state index < -0.39 is 23.9 Å². The Kier molecular flexibility index (Phi) is 4.42. The zero-order valence-corrected chi connectivity index (χ0v) is 11.5. The van der Waals surface area contributed by atoms with E-state index in [9.17, 15) is 19.1 Å². The van der Waals surface area contributed by atoms with E-state index in [1.54, 1.807) is 0 Å². The number of carboxylic acids is 1. The molecule has 1 saturated heterocycles. The first-order valence-electron chi connectivity index (χ1n) is 6.65. The van der Waals surface area contributed by atoms with Crippen LogP contribution in [0.3, 0.4) is 0 Å². The molecule has 2 atom stereocenters. The summed E-state index contributed by atoms with van der Waals surface area (Å²) in [6.45, 7) is 2.53. The molecule has 1 heterocycles. The highest BCUT2D eigenvalue weighted by atomic mass is 19.1. The van der Waals surface area contributed by atoms with E-state index in [0.717, 1.165) is 18.2 Å². The van der Waals surface area contributed by atoms with E-state index in [1.165, 1.54) is 4.90 Å². The molecule has 0 aliphatic carbocycles. The molecule has 2 unspecified atom stereocenters. The lowest BCUT2D eigenvalue weighted by atomic mass is 9.96. The summed E-state index contributed by atoms with van der Waals surface area (Å²) in [4.78, 5) is 24.5. The molecule has 0 radical (unpaired) electrons. The summed E-state index contributed by atoms with van der Waals surface area (Å²) >= 11 is 0. The van der Waals surface area contributed by atoms with E-state index in [2.05, 4.69) is 5.32 Å². The first-order valence-corrected chi connectivity index (χ1v) is 6.65. The van der Waals surface area contributed by atoms with E-state index in [-0.39, 0.29) is 23.7 Å². The average Bonchev–Trinajstić information content (AvgIpc) is 2.41. The second-order valence-corrected chi connectivity index (χ2v) is 5.20. The number of urea groups is 1. The lowest BCUT2D eigenvalue weighted by Gasteiger charge is -2.34. The van der Waals surface area contributed by atoms with Crippen LogP contribution in [0.25, 0.3) is 0 Å². The molecule has 21 heavy (non-hydrogen) atoms. The van der Waals surface area contributed by atoms with Crippen LogP contribution in [-0.4, -0.2) is 46.3 Å². The molecule has 0 saturated carbocycles. The van der Waals surface area contributed by atoms with Crippen LogP contribution < -0.4 is 5.32 Å². The number of likely N-dealkylation sites (tertiary alicyclic amines) is 1. The van der Waals surface area contributed by atoms with Gasteiger partial charge in [-0.15, -0.1) is 0 Å². The number of rotatable bonds is 2. The van der Waals surface area contributed by atoms with Gasteiger partial charge in [0.1, 0.15) is 5.82 Å². The summed E-state index contributed by atoms with van der Waals surface area (Å²) in [5.41, 5.74) is -0.281. The summed E-state index contributed by atoms with van der Waals surface area (Å²) in [5.74, 6) is -1.78. The molecule has 1 aromatic rings. The maximum atomic E-state index is 13.2. The van der Waals surface area contributed by atoms with Crippen LogP contribution >= 0.6 is 0 Å². The van der Waals surface area contributed by atoms with Crippen molar-refractivity contribution in [3.05, 3.63) is 29.6 Å². The van der Waals surface area contributed by atoms with E-state index >= 15 is 0 Å². The normalized spacial score (nSPS) is 22.0. The van der Waals surface area contributed by atoms with Gasteiger partial charge < -0.3 is 20.4 Å². The number of aromatic carboxylic acids is 1. The Balaban J connectivity index is 2.13. The Labute approximate surface area is 121 Å². The number of carboxylic acid groups (broad SMARTS) is 1. The first-order chi connectivity index (χ1) is 9.88. The van der Waals surface area contributed by atoms with Crippen molar-refractivity contribution in [3.63, 3.8) is 0 Å². The predicted molar refractivity (Wildman–Crippen MR) is 73.7 cm³/mol. The van der Waals surface area contributed by atoms with Gasteiger partial charge in [-0.25, -0.2) is 14.0 Å². The number of nitrogens with one attached hydrogen (secondary N) is 1. The summed E-state index contributed by atoms with van der Waals surface area (Å²) in [7, 11) is 0. The Bertz CT molecular complexity index is 564. The van der Waals surface area contributed by atoms with Crippen LogP contribution in [0, 0.1) is 11.7 Å². The quantitative estimate of drug-likeness (QED) is 0.775. The topological polar surface area (TPSA) is 89.9 Å². The molecule has 0 bridgehead atoms. The zero-order valence-electron chi connectivity index (χ0n) is 11.5. The molecule has 1 aliphatic heterocycles. The number of aliphatic hydroxyl groups excluding tert-OH is 1. The van der Waals surface area contributed by atoms with Crippen molar-refractivity contribution < 1.29 is 24.2 Å². The molecular formula is C14H17FN2O4. The summed E-state index contributed by atoms with van der Waals surface area (Å²) in [5, 5.41) is 21.2. The van der Waals surface area contributed by atoms with Crippen molar-refractivity contribution in [1.29, 1.82) is 0 Å². The van der Waals surface area contributed by atoms with Crippen LogP contribution in [-0.2, 0) is 0 Å². The van der Waals surface area contributed by atoms with Gasteiger partial charge in [-0.2, -0.15) is 0 Å². The second kappa shape index (κ2) is 6.09. The highest BCUT2D eigenvalue weighted by Gasteiger charge is 2.27. The lowest BCUT2D eigenvalue weighted by Crippen LogP contribution is -2.47. The van der Waals surface area contributed by atoms with Crippen molar-refractivity contribution in [2.24, 2.45) is 5.92 Å². The molecular weight excluding hydrogens is 279 g/mol. The van der Waals surface area contributed by atoms with Gasteiger partial charge in [-0.1, -0.05) is 6.92 Å². The largest absolute Gasteiger partial charge is 0.478 e. The number of benzene rings is 1. The number of nitrogens with zero attached hydrogens (tertiary/aromatic N) is 1. The van der Waals surface area contributed by atoms with Crippen molar-refractivity contribution in [1.82, 2.24) is 4.90 Å². The number of β-amino-alcohol motifs (C(OH)–C–C–N with tert-alkyl or cyclic N) is 1. The van der Waals surface area contributed by atoms with Gasteiger partial charge in [0.05, 0.1) is 17.4 Å². The predicted octanol–water partition coefficient (Wildman–Crippen LogP) is 1.76. The summed E-state index contributed by atoms with van der Waals surface area (Å²) in [6.07, 6.45) is 0.0414. The Hall–Kier alpha value is -2.15. The molecule has 0 aromatic heterocycles. The van der Waals surface area contributed by atoms with Crippen molar-refractivity contribution in [3.8, 4) is 0 Å². The standard InChI is InChI=1S/C14H17FN2O4/c1-8-4-5-17(7-12(8)18)14(21)16-11-6-9(15)2-3-10(11)13(19)20/h2-3,6,8,12,18H,4-5,7H2,1H3,(H,16,21)(H,19,20). The third-order valence-electron chi connectivity index (χ3n) is 3.66. The number of carbonyl (C=O) groups is 2. The smallest absolute Gasteiger partial charge is 0.337 e. The number of piperidine rings is 1. The number of amides is 2. The Morgan fingerprint density at radius 2 is 2.14 bits per heavy atom. The van der Waals surface area contributed by atoms with Crippen LogP contribution in [0.5, 0.6) is 0 Å². The molecule has 1 aliphatic rings. The fourth-order valence-corrected chi connectivity index (χ4v) is 2.23. The number of anilines is 1. The zero-order chi connectivity index (χ0) is 15.6. The molecule has 3 N–H and O–H groups in total. The number of carbonyl (C=O) groups excluding carboxylic acids is 1. The molecule has 6 nitrogen and oxygen atoms in total. The van der Waals surface area contributed by atoms with Crippen LogP contribution in [0.1, 0.15) is 23.7 Å². The number of aliphatic hydroxyl groups is 1. The van der Waals surface area contributed by atoms with Gasteiger partial charge >= 0.3 is 12.0 Å². The molecule has 1 fully saturated rings. The van der Waals surface area contributed by atoms with Gasteiger partial charge in [0.25, 0.3) is 0 Å². The van der Waals surface area contributed by atoms with Gasteiger partial charge in [0, 0.05) is 13.1 Å². The van der Waals surface area contributed by atoms with E-state index in [4.69, 9.17) is 5.11 Å². The average molecular weight is 296 g/mol. The molecule has 2 amide bonds. The minimum Gasteiger partial charge on any atom is -0.478 e. The van der Waals surface area contributed by atoms with Gasteiger partial charge in [0.2, 0.25) is 0 Å². The van der Waals surface area contributed by atoms with Crippen molar-refractivity contribution >= 4 is 17.7 Å². The van der Waals surface area contributed by atoms with Crippen LogP contribution in [0.2, 0.25) is 0 Å². The van der Waals surface area contributed by atoms with Crippen molar-refractivity contribution in [2.45, 2.75) is 19.4 Å². The number of hydrogen-bond donors (Lipinski definition) is 3. The maximum absolute atomic E-state index is 13.2. The molecule has 1 aromatic carbocycles. The van der Waals surface area contributed by atoms with Crippen LogP contribution in [0.4, 0.5) is 14.9 Å². The van der Waals surface area contributed by atoms with Gasteiger partial charge in [-0.05, 0) is 30.5 Å². The minimum absolute atomic E-state index is 0.0967. The van der Waals surface area contributed by atoms with Crippen LogP contribution in [0.15, 0.2) is 18.2 Å². The molecule has 0 spiro atoms. The minimum atomic E-state index is -1.25. The second-order valence-electron chi connectivity index (χ2n) is 5.20. The third-order valence-corrected chi connectivity index (χ3v) is 3.66.